The van der Waals surface area contributed by atoms with Gasteiger partial charge in [0.05, 0.1) is 6.61 Å². The molecule has 0 aliphatic rings. The van der Waals surface area contributed by atoms with Crippen LogP contribution in [0.1, 0.15) is 75.0 Å². The number of hydrogen-bond donors (Lipinski definition) is 1. The average Bonchev–Trinajstić information content (AvgIpc) is 2.53. The van der Waals surface area contributed by atoms with Crippen molar-refractivity contribution in [3.8, 4) is 5.75 Å². The number of phenols is 1. The minimum Gasteiger partial charge on any atom is -0.507 e. The molecule has 1 N–H and O–H groups in total. The summed E-state index contributed by atoms with van der Waals surface area (Å²) in [5.41, 5.74) is 2.79. The van der Waals surface area contributed by atoms with Gasteiger partial charge in [0, 0.05) is 6.42 Å². The van der Waals surface area contributed by atoms with Crippen molar-refractivity contribution in [1.29, 1.82) is 0 Å². The molecular formula is C20H32O3. The normalized spacial score (nSPS) is 10.7. The van der Waals surface area contributed by atoms with Gasteiger partial charge in [-0.05, 0) is 43.4 Å². The summed E-state index contributed by atoms with van der Waals surface area (Å²) in [6, 6.07) is 3.87. The summed E-state index contributed by atoms with van der Waals surface area (Å²) in [4.78, 5) is 11.8. The van der Waals surface area contributed by atoms with E-state index in [4.69, 9.17) is 4.74 Å². The lowest BCUT2D eigenvalue weighted by molar-refractivity contribution is -0.143. The Morgan fingerprint density at radius 2 is 1.57 bits per heavy atom. The van der Waals surface area contributed by atoms with Gasteiger partial charge in [-0.15, -0.1) is 0 Å². The van der Waals surface area contributed by atoms with Gasteiger partial charge in [0.25, 0.3) is 0 Å². The summed E-state index contributed by atoms with van der Waals surface area (Å²) in [5.74, 6) is 0.217. The molecule has 0 amide bonds. The standard InChI is InChI=1S/C20H32O3/c1-4-5-6-7-8-9-10-13-23-19(21)12-11-18-14-16(2)20(22)17(3)15-18/h14-15,22H,4-13H2,1-3H3. The van der Waals surface area contributed by atoms with E-state index in [1.165, 1.54) is 32.1 Å². The second-order valence-corrected chi connectivity index (χ2v) is 6.42. The zero-order valence-electron chi connectivity index (χ0n) is 15.0. The highest BCUT2D eigenvalue weighted by Crippen LogP contribution is 2.23. The van der Waals surface area contributed by atoms with Crippen LogP contribution in [0.2, 0.25) is 0 Å². The van der Waals surface area contributed by atoms with E-state index in [1.54, 1.807) is 0 Å². The monoisotopic (exact) mass is 320 g/mol. The lowest BCUT2D eigenvalue weighted by Crippen LogP contribution is -2.07. The van der Waals surface area contributed by atoms with Crippen LogP contribution in [0.15, 0.2) is 12.1 Å². The molecule has 1 aromatic carbocycles. The fourth-order valence-electron chi connectivity index (χ4n) is 2.75. The van der Waals surface area contributed by atoms with Crippen LogP contribution < -0.4 is 0 Å². The summed E-state index contributed by atoms with van der Waals surface area (Å²) in [5, 5.41) is 9.75. The molecule has 0 saturated heterocycles. The lowest BCUT2D eigenvalue weighted by Gasteiger charge is -2.08. The Kier molecular flexibility index (Phi) is 9.42. The summed E-state index contributed by atoms with van der Waals surface area (Å²) in [6.07, 6.45) is 9.64. The van der Waals surface area contributed by atoms with Crippen LogP contribution in [0.3, 0.4) is 0 Å². The predicted molar refractivity (Wildman–Crippen MR) is 94.9 cm³/mol. The first-order valence-corrected chi connectivity index (χ1v) is 8.99. The maximum Gasteiger partial charge on any atom is 0.306 e. The molecule has 3 nitrogen and oxygen atoms in total. The van der Waals surface area contributed by atoms with Crippen molar-refractivity contribution in [2.75, 3.05) is 6.61 Å². The SMILES string of the molecule is CCCCCCCCCOC(=O)CCc1cc(C)c(O)c(C)c1. The zero-order chi connectivity index (χ0) is 17.1. The highest BCUT2D eigenvalue weighted by molar-refractivity contribution is 5.69. The Morgan fingerprint density at radius 1 is 1.00 bits per heavy atom. The Morgan fingerprint density at radius 3 is 2.17 bits per heavy atom. The van der Waals surface area contributed by atoms with Crippen molar-refractivity contribution < 1.29 is 14.6 Å². The number of hydrogen-bond acceptors (Lipinski definition) is 3. The Bertz CT molecular complexity index is 457. The van der Waals surface area contributed by atoms with Crippen molar-refractivity contribution >= 4 is 5.97 Å². The van der Waals surface area contributed by atoms with E-state index in [1.807, 2.05) is 26.0 Å². The molecule has 0 atom stereocenters. The molecule has 0 bridgehead atoms. The highest BCUT2D eigenvalue weighted by atomic mass is 16.5. The van der Waals surface area contributed by atoms with Crippen LogP contribution in [0, 0.1) is 13.8 Å². The lowest BCUT2D eigenvalue weighted by atomic mass is 10.0. The van der Waals surface area contributed by atoms with Crippen LogP contribution in [0.5, 0.6) is 5.75 Å². The number of unbranched alkanes of at least 4 members (excludes halogenated alkanes) is 6. The summed E-state index contributed by atoms with van der Waals surface area (Å²) in [6.45, 7) is 6.52. The zero-order valence-corrected chi connectivity index (χ0v) is 15.0. The molecule has 1 rings (SSSR count). The van der Waals surface area contributed by atoms with E-state index in [-0.39, 0.29) is 5.97 Å². The predicted octanol–water partition coefficient (Wildman–Crippen LogP) is 5.24. The van der Waals surface area contributed by atoms with Gasteiger partial charge in [-0.25, -0.2) is 0 Å². The van der Waals surface area contributed by atoms with E-state index in [2.05, 4.69) is 6.92 Å². The second-order valence-electron chi connectivity index (χ2n) is 6.42. The molecule has 0 fully saturated rings. The largest absolute Gasteiger partial charge is 0.507 e. The first kappa shape index (κ1) is 19.5. The van der Waals surface area contributed by atoms with Gasteiger partial charge in [0.1, 0.15) is 5.75 Å². The molecule has 0 spiro atoms. The molecule has 1 aromatic rings. The minimum atomic E-state index is -0.126. The van der Waals surface area contributed by atoms with Crippen molar-refractivity contribution in [2.45, 2.75) is 78.6 Å². The van der Waals surface area contributed by atoms with Crippen LogP contribution in [0.25, 0.3) is 0 Å². The van der Waals surface area contributed by atoms with Crippen LogP contribution in [0.4, 0.5) is 0 Å². The maximum atomic E-state index is 11.8. The van der Waals surface area contributed by atoms with Gasteiger partial charge in [0.2, 0.25) is 0 Å². The third-order valence-electron chi connectivity index (χ3n) is 4.18. The number of carbonyl (C=O) groups is 1. The fraction of sp³-hybridized carbons (Fsp3) is 0.650. The Balaban J connectivity index is 2.13. The van der Waals surface area contributed by atoms with E-state index < -0.39 is 0 Å². The van der Waals surface area contributed by atoms with Gasteiger partial charge < -0.3 is 9.84 Å². The molecule has 0 unspecified atom stereocenters. The van der Waals surface area contributed by atoms with Crippen molar-refractivity contribution in [3.63, 3.8) is 0 Å². The quantitative estimate of drug-likeness (QED) is 0.448. The number of ether oxygens (including phenoxy) is 1. The number of esters is 1. The second kappa shape index (κ2) is 11.1. The van der Waals surface area contributed by atoms with E-state index in [0.29, 0.717) is 25.2 Å². The van der Waals surface area contributed by atoms with Crippen LogP contribution in [-0.2, 0) is 16.0 Å². The third-order valence-corrected chi connectivity index (χ3v) is 4.18. The molecule has 0 heterocycles. The Hall–Kier alpha value is -1.51. The molecule has 0 radical (unpaired) electrons. The van der Waals surface area contributed by atoms with Crippen molar-refractivity contribution in [1.82, 2.24) is 0 Å². The van der Waals surface area contributed by atoms with Gasteiger partial charge in [0.15, 0.2) is 0 Å². The molecule has 3 heteroatoms. The van der Waals surface area contributed by atoms with Gasteiger partial charge in [-0.3, -0.25) is 4.79 Å². The van der Waals surface area contributed by atoms with Gasteiger partial charge in [-0.2, -0.15) is 0 Å². The molecule has 0 aliphatic heterocycles. The average molecular weight is 320 g/mol. The van der Waals surface area contributed by atoms with Gasteiger partial charge in [-0.1, -0.05) is 57.6 Å². The number of aromatic hydroxyl groups is 1. The van der Waals surface area contributed by atoms with Crippen LogP contribution in [-0.4, -0.2) is 17.7 Å². The molecule has 0 saturated carbocycles. The van der Waals surface area contributed by atoms with E-state index in [0.717, 1.165) is 29.5 Å². The fourth-order valence-corrected chi connectivity index (χ4v) is 2.75. The highest BCUT2D eigenvalue weighted by Gasteiger charge is 2.07. The van der Waals surface area contributed by atoms with Crippen LogP contribution >= 0.6 is 0 Å². The first-order chi connectivity index (χ1) is 11.0. The number of carbonyl (C=O) groups excluding carboxylic acids is 1. The molecule has 0 aromatic heterocycles. The van der Waals surface area contributed by atoms with E-state index >= 15 is 0 Å². The van der Waals surface area contributed by atoms with Crippen molar-refractivity contribution in [3.05, 3.63) is 28.8 Å². The topological polar surface area (TPSA) is 46.5 Å². The molecule has 130 valence electrons. The maximum absolute atomic E-state index is 11.8. The smallest absolute Gasteiger partial charge is 0.306 e. The first-order valence-electron chi connectivity index (χ1n) is 8.99. The number of benzene rings is 1. The summed E-state index contributed by atoms with van der Waals surface area (Å²) in [7, 11) is 0. The number of phenolic OH excluding ortho intramolecular Hbond substituents is 1. The number of rotatable bonds is 11. The summed E-state index contributed by atoms with van der Waals surface area (Å²) < 4.78 is 5.29. The molecular weight excluding hydrogens is 288 g/mol. The molecule has 0 aliphatic carbocycles. The minimum absolute atomic E-state index is 0.126. The third kappa shape index (κ3) is 8.06. The van der Waals surface area contributed by atoms with Gasteiger partial charge >= 0.3 is 5.97 Å². The number of aryl methyl sites for hydroxylation is 3. The summed E-state index contributed by atoms with van der Waals surface area (Å²) >= 11 is 0. The van der Waals surface area contributed by atoms with E-state index in [9.17, 15) is 9.90 Å². The van der Waals surface area contributed by atoms with Crippen molar-refractivity contribution in [2.24, 2.45) is 0 Å². The molecule has 23 heavy (non-hydrogen) atoms. The Labute approximate surface area is 141 Å².